The maximum atomic E-state index is 12.1. The SMILES string of the molecule is CC1CCC(C)N(CC2CC(C)(C)CCC2=O)C1. The van der Waals surface area contributed by atoms with E-state index in [0.29, 0.717) is 23.2 Å². The normalized spacial score (nSPS) is 37.8. The molecule has 0 spiro atoms. The summed E-state index contributed by atoms with van der Waals surface area (Å²) in [5.74, 6) is 1.61. The molecular weight excluding hydrogens is 222 g/mol. The fourth-order valence-electron chi connectivity index (χ4n) is 3.63. The van der Waals surface area contributed by atoms with Gasteiger partial charge in [0.15, 0.2) is 0 Å². The fourth-order valence-corrected chi connectivity index (χ4v) is 3.63. The summed E-state index contributed by atoms with van der Waals surface area (Å²) in [5.41, 5.74) is 0.364. The van der Waals surface area contributed by atoms with Crippen molar-refractivity contribution < 1.29 is 4.79 Å². The highest BCUT2D eigenvalue weighted by Gasteiger charge is 2.35. The van der Waals surface area contributed by atoms with Gasteiger partial charge in [0.05, 0.1) is 0 Å². The number of likely N-dealkylation sites (tertiary alicyclic amines) is 1. The largest absolute Gasteiger partial charge is 0.300 e. The van der Waals surface area contributed by atoms with Crippen molar-refractivity contribution in [1.82, 2.24) is 4.90 Å². The van der Waals surface area contributed by atoms with Crippen molar-refractivity contribution in [2.45, 2.75) is 65.8 Å². The first kappa shape index (κ1) is 14.0. The topological polar surface area (TPSA) is 20.3 Å². The number of rotatable bonds is 2. The number of carbonyl (C=O) groups excluding carboxylic acids is 1. The van der Waals surface area contributed by atoms with Crippen LogP contribution in [0.1, 0.15) is 59.8 Å². The van der Waals surface area contributed by atoms with Gasteiger partial charge >= 0.3 is 0 Å². The molecule has 2 heteroatoms. The average molecular weight is 251 g/mol. The number of hydrogen-bond donors (Lipinski definition) is 0. The number of hydrogen-bond acceptors (Lipinski definition) is 2. The van der Waals surface area contributed by atoms with Gasteiger partial charge in [0.2, 0.25) is 0 Å². The molecule has 2 fully saturated rings. The van der Waals surface area contributed by atoms with E-state index >= 15 is 0 Å². The van der Waals surface area contributed by atoms with Crippen LogP contribution >= 0.6 is 0 Å². The minimum Gasteiger partial charge on any atom is -0.300 e. The van der Waals surface area contributed by atoms with Crippen LogP contribution in [0.25, 0.3) is 0 Å². The number of nitrogens with zero attached hydrogens (tertiary/aromatic N) is 1. The summed E-state index contributed by atoms with van der Waals surface area (Å²) in [4.78, 5) is 14.7. The van der Waals surface area contributed by atoms with Gasteiger partial charge in [0.1, 0.15) is 5.78 Å². The molecule has 0 aromatic carbocycles. The summed E-state index contributed by atoms with van der Waals surface area (Å²) < 4.78 is 0. The summed E-state index contributed by atoms with van der Waals surface area (Å²) in [6, 6.07) is 0.666. The number of Topliss-reactive ketones (excluding diaryl/α,β-unsaturated/α-hetero) is 1. The van der Waals surface area contributed by atoms with E-state index in [1.54, 1.807) is 0 Å². The van der Waals surface area contributed by atoms with E-state index < -0.39 is 0 Å². The summed E-state index contributed by atoms with van der Waals surface area (Å²) in [5, 5.41) is 0. The van der Waals surface area contributed by atoms with Crippen LogP contribution in [0.5, 0.6) is 0 Å². The van der Waals surface area contributed by atoms with Crippen molar-refractivity contribution in [3.05, 3.63) is 0 Å². The Morgan fingerprint density at radius 1 is 1.28 bits per heavy atom. The maximum absolute atomic E-state index is 12.1. The Bertz CT molecular complexity index is 310. The van der Waals surface area contributed by atoms with Crippen LogP contribution in [0.4, 0.5) is 0 Å². The third kappa shape index (κ3) is 3.34. The number of carbonyl (C=O) groups is 1. The lowest BCUT2D eigenvalue weighted by molar-refractivity contribution is -0.128. The summed E-state index contributed by atoms with van der Waals surface area (Å²) in [6.45, 7) is 11.5. The van der Waals surface area contributed by atoms with Crippen molar-refractivity contribution in [2.75, 3.05) is 13.1 Å². The first-order chi connectivity index (χ1) is 8.37. The zero-order chi connectivity index (χ0) is 13.3. The molecule has 2 aliphatic rings. The Kier molecular flexibility index (Phi) is 4.15. The second-order valence-electron chi connectivity index (χ2n) is 7.52. The third-order valence-corrected chi connectivity index (χ3v) is 5.00. The molecular formula is C16H29NO. The molecule has 3 unspecified atom stereocenters. The van der Waals surface area contributed by atoms with Crippen LogP contribution < -0.4 is 0 Å². The third-order valence-electron chi connectivity index (χ3n) is 5.00. The van der Waals surface area contributed by atoms with Gasteiger partial charge in [-0.15, -0.1) is 0 Å². The number of piperidine rings is 1. The van der Waals surface area contributed by atoms with Crippen molar-refractivity contribution in [3.8, 4) is 0 Å². The quantitative estimate of drug-likeness (QED) is 0.748. The van der Waals surface area contributed by atoms with Gasteiger partial charge < -0.3 is 0 Å². The summed E-state index contributed by atoms with van der Waals surface area (Å²) >= 11 is 0. The van der Waals surface area contributed by atoms with E-state index in [0.717, 1.165) is 31.7 Å². The summed E-state index contributed by atoms with van der Waals surface area (Å²) in [7, 11) is 0. The predicted molar refractivity (Wildman–Crippen MR) is 75.6 cm³/mol. The fraction of sp³-hybridized carbons (Fsp3) is 0.938. The first-order valence-electron chi connectivity index (χ1n) is 7.64. The number of ketones is 1. The molecule has 1 aliphatic carbocycles. The average Bonchev–Trinajstić information content (AvgIpc) is 2.28. The van der Waals surface area contributed by atoms with E-state index in [-0.39, 0.29) is 0 Å². The Balaban J connectivity index is 1.96. The molecule has 1 aliphatic heterocycles. The smallest absolute Gasteiger partial charge is 0.137 e. The minimum absolute atomic E-state index is 0.293. The van der Waals surface area contributed by atoms with Gasteiger partial charge in [0.25, 0.3) is 0 Å². The van der Waals surface area contributed by atoms with Crippen molar-refractivity contribution in [3.63, 3.8) is 0 Å². The van der Waals surface area contributed by atoms with Crippen molar-refractivity contribution in [1.29, 1.82) is 0 Å². The molecule has 3 atom stereocenters. The molecule has 0 N–H and O–H groups in total. The lowest BCUT2D eigenvalue weighted by atomic mass is 9.71. The molecule has 0 bridgehead atoms. The van der Waals surface area contributed by atoms with E-state index in [1.165, 1.54) is 19.4 Å². The molecule has 0 aromatic heterocycles. The second-order valence-corrected chi connectivity index (χ2v) is 7.52. The Labute approximate surface area is 112 Å². The van der Waals surface area contributed by atoms with Gasteiger partial charge in [-0.2, -0.15) is 0 Å². The van der Waals surface area contributed by atoms with E-state index in [1.807, 2.05) is 0 Å². The van der Waals surface area contributed by atoms with Crippen LogP contribution in [-0.2, 0) is 4.79 Å². The van der Waals surface area contributed by atoms with Gasteiger partial charge in [-0.05, 0) is 43.9 Å². The molecule has 0 aromatic rings. The van der Waals surface area contributed by atoms with Crippen LogP contribution in [0.15, 0.2) is 0 Å². The molecule has 1 saturated carbocycles. The second kappa shape index (κ2) is 5.32. The highest BCUT2D eigenvalue weighted by molar-refractivity contribution is 5.82. The Hall–Kier alpha value is -0.370. The molecule has 0 radical (unpaired) electrons. The highest BCUT2D eigenvalue weighted by atomic mass is 16.1. The molecule has 2 nitrogen and oxygen atoms in total. The highest BCUT2D eigenvalue weighted by Crippen LogP contribution is 2.37. The lowest BCUT2D eigenvalue weighted by Crippen LogP contribution is -2.46. The monoisotopic (exact) mass is 251 g/mol. The molecule has 0 amide bonds. The van der Waals surface area contributed by atoms with Gasteiger partial charge in [-0.3, -0.25) is 9.69 Å². The molecule has 104 valence electrons. The lowest BCUT2D eigenvalue weighted by Gasteiger charge is -2.41. The minimum atomic E-state index is 0.293. The van der Waals surface area contributed by atoms with Gasteiger partial charge in [-0.1, -0.05) is 20.8 Å². The van der Waals surface area contributed by atoms with Gasteiger partial charge in [0, 0.05) is 31.5 Å². The standard InChI is InChI=1S/C16H29NO/c1-12-5-6-13(2)17(10-12)11-14-9-16(3,4)8-7-15(14)18/h12-14H,5-11H2,1-4H3. The molecule has 18 heavy (non-hydrogen) atoms. The predicted octanol–water partition coefficient (Wildman–Crippen LogP) is 3.50. The zero-order valence-electron chi connectivity index (χ0n) is 12.5. The van der Waals surface area contributed by atoms with Crippen molar-refractivity contribution >= 4 is 5.78 Å². The van der Waals surface area contributed by atoms with Crippen molar-refractivity contribution in [2.24, 2.45) is 17.3 Å². The Morgan fingerprint density at radius 2 is 2.00 bits per heavy atom. The Morgan fingerprint density at radius 3 is 2.72 bits per heavy atom. The van der Waals surface area contributed by atoms with Crippen LogP contribution in [0, 0.1) is 17.3 Å². The van der Waals surface area contributed by atoms with Gasteiger partial charge in [-0.25, -0.2) is 0 Å². The van der Waals surface area contributed by atoms with Crippen LogP contribution in [-0.4, -0.2) is 29.8 Å². The zero-order valence-corrected chi connectivity index (χ0v) is 12.5. The summed E-state index contributed by atoms with van der Waals surface area (Å²) in [6.07, 6.45) is 5.61. The van der Waals surface area contributed by atoms with E-state index in [2.05, 4.69) is 32.6 Å². The van der Waals surface area contributed by atoms with E-state index in [9.17, 15) is 4.79 Å². The van der Waals surface area contributed by atoms with Crippen LogP contribution in [0.3, 0.4) is 0 Å². The maximum Gasteiger partial charge on any atom is 0.137 e. The molecule has 2 rings (SSSR count). The first-order valence-corrected chi connectivity index (χ1v) is 7.64. The van der Waals surface area contributed by atoms with E-state index in [4.69, 9.17) is 0 Å². The molecule has 1 saturated heterocycles. The molecule has 1 heterocycles. The van der Waals surface area contributed by atoms with Crippen LogP contribution in [0.2, 0.25) is 0 Å².